The number of methoxy groups -OCH3 is 1. The first-order valence-corrected chi connectivity index (χ1v) is 10.5. The van der Waals surface area contributed by atoms with Crippen LogP contribution in [-0.4, -0.2) is 69.7 Å². The maximum atomic E-state index is 12.6. The van der Waals surface area contributed by atoms with Gasteiger partial charge in [0.2, 0.25) is 10.0 Å². The molecule has 0 saturated carbocycles. The first-order chi connectivity index (χ1) is 11.9. The summed E-state index contributed by atoms with van der Waals surface area (Å²) in [7, 11) is -1.55. The summed E-state index contributed by atoms with van der Waals surface area (Å²) in [4.78, 5) is 14.5. The molecule has 0 N–H and O–H groups in total. The molecule has 138 valence electrons. The van der Waals surface area contributed by atoms with E-state index >= 15 is 0 Å². The highest BCUT2D eigenvalue weighted by molar-refractivity contribution is 7.88. The van der Waals surface area contributed by atoms with E-state index in [9.17, 15) is 13.2 Å². The summed E-state index contributed by atoms with van der Waals surface area (Å²) in [5.74, 6) is 0.234. The summed E-state index contributed by atoms with van der Waals surface area (Å²) in [6.07, 6.45) is 2.89. The Morgan fingerprint density at radius 1 is 1.24 bits per heavy atom. The third-order valence-electron chi connectivity index (χ3n) is 5.69. The Balaban J connectivity index is 1.71. The molecule has 0 aromatic heterocycles. The molecule has 1 spiro atoms. The zero-order chi connectivity index (χ0) is 18.1. The number of ether oxygens (including phenoxy) is 1. The minimum Gasteiger partial charge on any atom is -0.384 e. The molecule has 1 aromatic carbocycles. The second kappa shape index (κ2) is 7.05. The highest BCUT2D eigenvalue weighted by atomic mass is 32.2. The largest absolute Gasteiger partial charge is 0.384 e. The Morgan fingerprint density at radius 3 is 2.44 bits per heavy atom. The molecule has 7 heteroatoms. The monoisotopic (exact) mass is 366 g/mol. The van der Waals surface area contributed by atoms with Gasteiger partial charge in [0.15, 0.2) is 0 Å². The zero-order valence-corrected chi connectivity index (χ0v) is 15.7. The van der Waals surface area contributed by atoms with Crippen molar-refractivity contribution in [1.29, 1.82) is 0 Å². The fourth-order valence-corrected chi connectivity index (χ4v) is 5.09. The molecule has 2 heterocycles. The predicted molar refractivity (Wildman–Crippen MR) is 95.8 cm³/mol. The van der Waals surface area contributed by atoms with Crippen molar-refractivity contribution in [3.63, 3.8) is 0 Å². The van der Waals surface area contributed by atoms with Gasteiger partial charge in [0.25, 0.3) is 5.91 Å². The molecular weight excluding hydrogens is 340 g/mol. The molecule has 25 heavy (non-hydrogen) atoms. The second-order valence-electron chi connectivity index (χ2n) is 7.23. The number of carbonyl (C=O) groups excluding carboxylic acids is 1. The van der Waals surface area contributed by atoms with Crippen LogP contribution in [0.25, 0.3) is 0 Å². The number of hydrogen-bond donors (Lipinski definition) is 0. The van der Waals surface area contributed by atoms with E-state index in [1.165, 1.54) is 6.26 Å². The molecule has 3 rings (SSSR count). The van der Waals surface area contributed by atoms with Gasteiger partial charge in [-0.05, 0) is 30.4 Å². The predicted octanol–water partition coefficient (Wildman–Crippen LogP) is 1.45. The number of piperidine rings is 1. The lowest BCUT2D eigenvalue weighted by Crippen LogP contribution is -2.47. The quantitative estimate of drug-likeness (QED) is 0.809. The summed E-state index contributed by atoms with van der Waals surface area (Å²) in [5, 5.41) is 0. The smallest absolute Gasteiger partial charge is 0.253 e. The molecule has 2 aliphatic rings. The Morgan fingerprint density at radius 2 is 1.88 bits per heavy atom. The van der Waals surface area contributed by atoms with Crippen molar-refractivity contribution < 1.29 is 17.9 Å². The zero-order valence-electron chi connectivity index (χ0n) is 14.8. The number of benzene rings is 1. The van der Waals surface area contributed by atoms with E-state index in [0.29, 0.717) is 38.3 Å². The van der Waals surface area contributed by atoms with Gasteiger partial charge in [0.05, 0.1) is 12.9 Å². The third kappa shape index (κ3) is 3.73. The standard InChI is InChI=1S/C18H26N2O4S/c1-24-13-16-12-20(25(2,22)23)14-18(16)8-10-19(11-9-18)17(21)15-6-4-3-5-7-15/h3-7,16H,8-14H2,1-2H3/t16-/m1/s1. The SMILES string of the molecule is COC[C@H]1CN(S(C)(=O)=O)CC12CCN(C(=O)c1ccccc1)CC2. The number of amides is 1. The van der Waals surface area contributed by atoms with Crippen LogP contribution in [-0.2, 0) is 14.8 Å². The fraction of sp³-hybridized carbons (Fsp3) is 0.611. The van der Waals surface area contributed by atoms with Crippen molar-refractivity contribution in [3.05, 3.63) is 35.9 Å². The van der Waals surface area contributed by atoms with E-state index in [1.54, 1.807) is 11.4 Å². The van der Waals surface area contributed by atoms with Crippen LogP contribution < -0.4 is 0 Å². The van der Waals surface area contributed by atoms with Gasteiger partial charge in [0, 0.05) is 44.8 Å². The number of sulfonamides is 1. The number of rotatable bonds is 4. The molecule has 0 unspecified atom stereocenters. The van der Waals surface area contributed by atoms with Crippen LogP contribution in [0, 0.1) is 11.3 Å². The third-order valence-corrected chi connectivity index (χ3v) is 6.90. The van der Waals surface area contributed by atoms with Gasteiger partial charge in [-0.1, -0.05) is 18.2 Å². The van der Waals surface area contributed by atoms with Crippen molar-refractivity contribution in [2.75, 3.05) is 46.2 Å². The van der Waals surface area contributed by atoms with Crippen LogP contribution >= 0.6 is 0 Å². The van der Waals surface area contributed by atoms with Crippen LogP contribution in [0.1, 0.15) is 23.2 Å². The highest BCUT2D eigenvalue weighted by Crippen LogP contribution is 2.45. The summed E-state index contributed by atoms with van der Waals surface area (Å²) in [6.45, 7) is 2.92. The Kier molecular flexibility index (Phi) is 5.18. The molecule has 1 aromatic rings. The Hall–Kier alpha value is -1.44. The van der Waals surface area contributed by atoms with Crippen molar-refractivity contribution in [2.45, 2.75) is 12.8 Å². The van der Waals surface area contributed by atoms with Crippen molar-refractivity contribution in [3.8, 4) is 0 Å². The van der Waals surface area contributed by atoms with Gasteiger partial charge >= 0.3 is 0 Å². The van der Waals surface area contributed by atoms with E-state index in [0.717, 1.165) is 12.8 Å². The normalized spacial score (nSPS) is 23.9. The molecular formula is C18H26N2O4S. The molecule has 1 amide bonds. The van der Waals surface area contributed by atoms with Gasteiger partial charge in [-0.3, -0.25) is 4.79 Å². The molecule has 2 aliphatic heterocycles. The minimum absolute atomic E-state index is 0.0525. The average Bonchev–Trinajstić information content (AvgIpc) is 2.95. The van der Waals surface area contributed by atoms with Crippen LogP contribution in [0.5, 0.6) is 0 Å². The fourth-order valence-electron chi connectivity index (χ4n) is 4.15. The van der Waals surface area contributed by atoms with E-state index in [1.807, 2.05) is 35.2 Å². The number of likely N-dealkylation sites (tertiary alicyclic amines) is 1. The lowest BCUT2D eigenvalue weighted by atomic mass is 9.71. The second-order valence-corrected chi connectivity index (χ2v) is 9.21. The number of carbonyl (C=O) groups is 1. The van der Waals surface area contributed by atoms with Crippen LogP contribution in [0.15, 0.2) is 30.3 Å². The molecule has 0 radical (unpaired) electrons. The Bertz CT molecular complexity index is 712. The molecule has 2 saturated heterocycles. The first kappa shape index (κ1) is 18.4. The Labute approximate surface area is 149 Å². The molecule has 1 atom stereocenters. The number of nitrogens with zero attached hydrogens (tertiary/aromatic N) is 2. The van der Waals surface area contributed by atoms with Crippen molar-refractivity contribution in [2.24, 2.45) is 11.3 Å². The molecule has 2 fully saturated rings. The van der Waals surface area contributed by atoms with Crippen LogP contribution in [0.3, 0.4) is 0 Å². The van der Waals surface area contributed by atoms with Crippen LogP contribution in [0.4, 0.5) is 0 Å². The van der Waals surface area contributed by atoms with E-state index < -0.39 is 10.0 Å². The van der Waals surface area contributed by atoms with Crippen molar-refractivity contribution in [1.82, 2.24) is 9.21 Å². The topological polar surface area (TPSA) is 66.9 Å². The molecule has 0 aliphatic carbocycles. The highest BCUT2D eigenvalue weighted by Gasteiger charge is 2.50. The van der Waals surface area contributed by atoms with E-state index in [4.69, 9.17) is 4.74 Å². The number of hydrogen-bond acceptors (Lipinski definition) is 4. The van der Waals surface area contributed by atoms with E-state index in [-0.39, 0.29) is 17.2 Å². The van der Waals surface area contributed by atoms with Gasteiger partial charge in [-0.15, -0.1) is 0 Å². The summed E-state index contributed by atoms with van der Waals surface area (Å²) < 4.78 is 30.9. The summed E-state index contributed by atoms with van der Waals surface area (Å²) in [5.41, 5.74) is 0.614. The summed E-state index contributed by atoms with van der Waals surface area (Å²) >= 11 is 0. The first-order valence-electron chi connectivity index (χ1n) is 8.64. The van der Waals surface area contributed by atoms with Crippen molar-refractivity contribution >= 4 is 15.9 Å². The maximum Gasteiger partial charge on any atom is 0.253 e. The van der Waals surface area contributed by atoms with Crippen LogP contribution in [0.2, 0.25) is 0 Å². The van der Waals surface area contributed by atoms with Gasteiger partial charge in [-0.2, -0.15) is 0 Å². The van der Waals surface area contributed by atoms with E-state index in [2.05, 4.69) is 0 Å². The molecule has 0 bridgehead atoms. The maximum absolute atomic E-state index is 12.6. The lowest BCUT2D eigenvalue weighted by molar-refractivity contribution is 0.0327. The minimum atomic E-state index is -3.20. The lowest BCUT2D eigenvalue weighted by Gasteiger charge is -2.42. The molecule has 6 nitrogen and oxygen atoms in total. The summed E-state index contributed by atoms with van der Waals surface area (Å²) in [6, 6.07) is 9.31. The average molecular weight is 366 g/mol. The van der Waals surface area contributed by atoms with Gasteiger partial charge < -0.3 is 9.64 Å². The van der Waals surface area contributed by atoms with Gasteiger partial charge in [0.1, 0.15) is 0 Å². The van der Waals surface area contributed by atoms with Gasteiger partial charge in [-0.25, -0.2) is 12.7 Å².